The normalized spacial score (nSPS) is 11.4. The molecule has 8 rings (SSSR count). The molecule has 0 amide bonds. The van der Waals surface area contributed by atoms with Gasteiger partial charge in [0.2, 0.25) is 5.71 Å². The van der Waals surface area contributed by atoms with E-state index in [1.165, 1.54) is 22.3 Å². The van der Waals surface area contributed by atoms with Crippen LogP contribution in [0.3, 0.4) is 0 Å². The number of nitrogens with zero attached hydrogens (tertiary/aromatic N) is 4. The summed E-state index contributed by atoms with van der Waals surface area (Å²) in [6, 6.07) is 35.7. The zero-order valence-electron chi connectivity index (χ0n) is 30.3. The van der Waals surface area contributed by atoms with Gasteiger partial charge in [0.05, 0.1) is 11.1 Å². The number of aromatic nitrogens is 4. The molecule has 51 heavy (non-hydrogen) atoms. The van der Waals surface area contributed by atoms with Crippen LogP contribution in [0.5, 0.6) is 0 Å². The van der Waals surface area contributed by atoms with Gasteiger partial charge in [0.1, 0.15) is 0 Å². The molecule has 3 aromatic carbocycles. The summed E-state index contributed by atoms with van der Waals surface area (Å²) < 4.78 is 6.22. The first-order valence-corrected chi connectivity index (χ1v) is 17.0. The third kappa shape index (κ3) is 7.39. The van der Waals surface area contributed by atoms with Gasteiger partial charge in [0.15, 0.2) is 0 Å². The van der Waals surface area contributed by atoms with E-state index < -0.39 is 0 Å². The predicted octanol–water partition coefficient (Wildman–Crippen LogP) is 11.4. The van der Waals surface area contributed by atoms with Gasteiger partial charge in [-0.2, -0.15) is 0 Å². The van der Waals surface area contributed by atoms with Gasteiger partial charge in [-0.05, 0) is 97.2 Å². The van der Waals surface area contributed by atoms with Crippen molar-refractivity contribution in [2.75, 3.05) is 0 Å². The molecule has 0 unspecified atom stereocenters. The Hall–Kier alpha value is -5.03. The van der Waals surface area contributed by atoms with Gasteiger partial charge in [0.25, 0.3) is 0 Å². The van der Waals surface area contributed by atoms with Crippen LogP contribution in [-0.2, 0) is 25.5 Å². The van der Waals surface area contributed by atoms with E-state index in [-0.39, 0.29) is 25.5 Å². The van der Waals surface area contributed by atoms with Crippen molar-refractivity contribution in [2.45, 2.75) is 60.8 Å². The van der Waals surface area contributed by atoms with Crippen LogP contribution in [0.25, 0.3) is 66.6 Å². The fourth-order valence-electron chi connectivity index (χ4n) is 6.13. The van der Waals surface area contributed by atoms with E-state index in [0.29, 0.717) is 5.71 Å². The van der Waals surface area contributed by atoms with Crippen LogP contribution in [0.1, 0.15) is 54.4 Å². The Labute approximate surface area is 313 Å². The van der Waals surface area contributed by atoms with Gasteiger partial charge in [-0.3, -0.25) is 4.98 Å². The molecule has 0 atom stereocenters. The summed E-state index contributed by atoms with van der Waals surface area (Å²) in [5.41, 5.74) is 15.2. The summed E-state index contributed by atoms with van der Waals surface area (Å²) in [6.45, 7) is 16.9. The number of hydrogen-bond acceptors (Lipinski definition) is 5. The molecule has 6 heteroatoms. The van der Waals surface area contributed by atoms with Gasteiger partial charge >= 0.3 is 0 Å². The molecule has 5 aromatic heterocycles. The maximum atomic E-state index is 6.22. The Morgan fingerprint density at radius 3 is 2.14 bits per heavy atom. The largest absolute Gasteiger partial charge is 0.486 e. The van der Waals surface area contributed by atoms with Crippen LogP contribution in [-0.4, -0.2) is 19.9 Å². The maximum absolute atomic E-state index is 6.22. The molecule has 0 bridgehead atoms. The predicted molar refractivity (Wildman–Crippen MR) is 205 cm³/mol. The molecule has 0 saturated heterocycles. The molecule has 0 aliphatic heterocycles. The van der Waals surface area contributed by atoms with Crippen molar-refractivity contribution in [3.05, 3.63) is 143 Å². The van der Waals surface area contributed by atoms with Crippen LogP contribution < -0.4 is 0 Å². The topological polar surface area (TPSA) is 64.7 Å². The Morgan fingerprint density at radius 2 is 1.41 bits per heavy atom. The summed E-state index contributed by atoms with van der Waals surface area (Å²) in [7, 11) is 0. The molecule has 0 N–H and O–H groups in total. The molecule has 5 nitrogen and oxygen atoms in total. The van der Waals surface area contributed by atoms with Crippen molar-refractivity contribution in [3.63, 3.8) is 0 Å². The minimum absolute atomic E-state index is 0. The van der Waals surface area contributed by atoms with Crippen molar-refractivity contribution in [1.29, 1.82) is 0 Å². The van der Waals surface area contributed by atoms with Crippen LogP contribution in [0, 0.1) is 46.8 Å². The average Bonchev–Trinajstić information content (AvgIpc) is 3.46. The quantitative estimate of drug-likeness (QED) is 0.166. The smallest absolute Gasteiger partial charge is 0.216 e. The number of furan rings is 1. The molecule has 0 fully saturated rings. The molecule has 5 heterocycles. The molecule has 0 spiro atoms. The Morgan fingerprint density at radius 1 is 0.647 bits per heavy atom. The minimum Gasteiger partial charge on any atom is -0.486 e. The summed E-state index contributed by atoms with van der Waals surface area (Å²) >= 11 is 0. The van der Waals surface area contributed by atoms with Gasteiger partial charge in [-0.15, -0.1) is 53.6 Å². The van der Waals surface area contributed by atoms with E-state index in [0.717, 1.165) is 72.3 Å². The number of aryl methyl sites for hydroxylation is 5. The second-order valence-electron chi connectivity index (χ2n) is 14.2. The van der Waals surface area contributed by atoms with Crippen molar-refractivity contribution in [1.82, 2.24) is 19.9 Å². The molecule has 257 valence electrons. The van der Waals surface area contributed by atoms with Crippen LogP contribution in [0.4, 0.5) is 0 Å². The van der Waals surface area contributed by atoms with Gasteiger partial charge in [-0.1, -0.05) is 62.9 Å². The maximum Gasteiger partial charge on any atom is 0.216 e. The van der Waals surface area contributed by atoms with E-state index in [9.17, 15) is 0 Å². The Balaban J connectivity index is 0.000000251. The summed E-state index contributed by atoms with van der Waals surface area (Å²) in [5.74, 6) is 0. The third-order valence-electron chi connectivity index (χ3n) is 9.05. The first kappa shape index (κ1) is 35.8. The number of pyridine rings is 4. The second kappa shape index (κ2) is 14.3. The monoisotopic (exact) mass is 845 g/mol. The standard InChI is InChI=1S/C32H28N3O.C13H12N.Ir/c1-18-14-27-21(11-13-29(35-27)32(4,5)6)15-25(18)26-16-28(33-17-19(26)2)24-9-7-8-22-23-12-10-20(3)34-31(23)36-30(22)24;1-10-3-6-12(7-4-10)13-8-5-11(2)9-14-13;/h7-8,10-17H,1-6H3;3-6,8-9H,1-2H3;/q2*-1;. The SMILES string of the molecule is Cc1c[c-]c(-c2ccc(C)cn2)cc1.Cc1ccc2c(n1)oc1c(-c3cc(-c4cc5ccc(C(C)(C)C)nc5cc4C)c(C)cn3)[c-]ccc12.[Ir]. The van der Waals surface area contributed by atoms with E-state index in [1.807, 2.05) is 62.6 Å². The molecule has 0 saturated carbocycles. The second-order valence-corrected chi connectivity index (χ2v) is 14.2. The van der Waals surface area contributed by atoms with Gasteiger partial charge in [0, 0.05) is 60.1 Å². The zero-order chi connectivity index (χ0) is 35.2. The average molecular weight is 845 g/mol. The Kier molecular flexibility index (Phi) is 10.0. The number of hydrogen-bond donors (Lipinski definition) is 0. The van der Waals surface area contributed by atoms with Crippen molar-refractivity contribution < 1.29 is 24.5 Å². The minimum atomic E-state index is 0. The molecule has 1 radical (unpaired) electrons. The fraction of sp³-hybridized carbons (Fsp3) is 0.200. The van der Waals surface area contributed by atoms with Crippen LogP contribution >= 0.6 is 0 Å². The zero-order valence-corrected chi connectivity index (χ0v) is 32.7. The van der Waals surface area contributed by atoms with E-state index in [1.54, 1.807) is 0 Å². The number of rotatable bonds is 3. The molecular formula is C45H40IrN4O-2. The summed E-state index contributed by atoms with van der Waals surface area (Å²) in [4.78, 5) is 18.7. The Bertz CT molecular complexity index is 2470. The van der Waals surface area contributed by atoms with E-state index in [2.05, 4.69) is 112 Å². The molecule has 8 aromatic rings. The number of fused-ring (bicyclic) bond motifs is 4. The van der Waals surface area contributed by atoms with Crippen LogP contribution in [0.15, 0.2) is 102 Å². The van der Waals surface area contributed by atoms with Crippen molar-refractivity contribution in [2.24, 2.45) is 0 Å². The van der Waals surface area contributed by atoms with Crippen molar-refractivity contribution >= 4 is 33.0 Å². The van der Waals surface area contributed by atoms with Gasteiger partial charge < -0.3 is 14.4 Å². The molecule has 0 aliphatic rings. The summed E-state index contributed by atoms with van der Waals surface area (Å²) in [6.07, 6.45) is 3.82. The first-order chi connectivity index (χ1) is 23.9. The van der Waals surface area contributed by atoms with E-state index >= 15 is 0 Å². The van der Waals surface area contributed by atoms with E-state index in [4.69, 9.17) is 14.4 Å². The summed E-state index contributed by atoms with van der Waals surface area (Å²) in [5, 5.41) is 3.16. The fourth-order valence-corrected chi connectivity index (χ4v) is 6.13. The molecular weight excluding hydrogens is 805 g/mol. The van der Waals surface area contributed by atoms with Gasteiger partial charge in [-0.25, -0.2) is 4.98 Å². The number of benzene rings is 3. The van der Waals surface area contributed by atoms with Crippen LogP contribution in [0.2, 0.25) is 0 Å². The molecule has 0 aliphatic carbocycles. The van der Waals surface area contributed by atoms with Crippen molar-refractivity contribution in [3.8, 4) is 33.6 Å². The first-order valence-electron chi connectivity index (χ1n) is 17.0. The third-order valence-corrected chi connectivity index (χ3v) is 9.05.